The van der Waals surface area contributed by atoms with Crippen molar-refractivity contribution in [2.24, 2.45) is 0 Å². The van der Waals surface area contributed by atoms with Crippen LogP contribution < -0.4 is 4.90 Å². The minimum absolute atomic E-state index is 0.0497. The van der Waals surface area contributed by atoms with Gasteiger partial charge in [-0.2, -0.15) is 0 Å². The van der Waals surface area contributed by atoms with Gasteiger partial charge in [0.25, 0.3) is 0 Å². The second kappa shape index (κ2) is 6.47. The molecule has 1 N–H and O–H groups in total. The zero-order valence-corrected chi connectivity index (χ0v) is 14.0. The Labute approximate surface area is 140 Å². The second-order valence-electron chi connectivity index (χ2n) is 6.11. The van der Waals surface area contributed by atoms with Gasteiger partial charge in [0.2, 0.25) is 5.91 Å². The van der Waals surface area contributed by atoms with Crippen LogP contribution >= 0.6 is 0 Å². The highest BCUT2D eigenvalue weighted by Crippen LogP contribution is 2.33. The summed E-state index contributed by atoms with van der Waals surface area (Å²) in [6.07, 6.45) is -0.0497. The van der Waals surface area contributed by atoms with Crippen LogP contribution in [0.1, 0.15) is 18.2 Å². The van der Waals surface area contributed by atoms with E-state index in [1.165, 1.54) is 0 Å². The van der Waals surface area contributed by atoms with E-state index in [9.17, 15) is 14.7 Å². The Kier molecular flexibility index (Phi) is 4.38. The molecule has 1 aromatic carbocycles. The number of anilines is 1. The van der Waals surface area contributed by atoms with Gasteiger partial charge in [-0.25, -0.2) is 0 Å². The lowest BCUT2D eigenvalue weighted by Gasteiger charge is -2.37. The number of piperazine rings is 1. The van der Waals surface area contributed by atoms with Crippen LogP contribution in [0.5, 0.6) is 0 Å². The Morgan fingerprint density at radius 2 is 1.83 bits per heavy atom. The van der Waals surface area contributed by atoms with Crippen molar-refractivity contribution in [2.45, 2.75) is 20.3 Å². The highest BCUT2D eigenvalue weighted by Gasteiger charge is 2.24. The predicted molar refractivity (Wildman–Crippen MR) is 92.3 cm³/mol. The average Bonchev–Trinajstić information content (AvgIpc) is 2.55. The molecule has 1 amide bonds. The Morgan fingerprint density at radius 1 is 1.17 bits per heavy atom. The third-order valence-corrected chi connectivity index (χ3v) is 4.54. The van der Waals surface area contributed by atoms with E-state index in [1.54, 1.807) is 6.92 Å². The molecule has 0 atom stereocenters. The first-order chi connectivity index (χ1) is 11.5. The number of fused-ring (bicyclic) bond motifs is 1. The van der Waals surface area contributed by atoms with Crippen molar-refractivity contribution in [3.63, 3.8) is 0 Å². The Bertz CT molecular complexity index is 795. The van der Waals surface area contributed by atoms with E-state index in [2.05, 4.69) is 9.88 Å². The van der Waals surface area contributed by atoms with Crippen LogP contribution in [-0.4, -0.2) is 53.0 Å². The molecule has 1 aliphatic heterocycles. The van der Waals surface area contributed by atoms with Crippen molar-refractivity contribution < 1.29 is 14.7 Å². The summed E-state index contributed by atoms with van der Waals surface area (Å²) in [6.45, 7) is 6.13. The number of aliphatic carboxylic acids is 1. The molecule has 126 valence electrons. The first-order valence-corrected chi connectivity index (χ1v) is 8.08. The zero-order chi connectivity index (χ0) is 17.3. The van der Waals surface area contributed by atoms with E-state index in [0.717, 1.165) is 27.8 Å². The summed E-state index contributed by atoms with van der Waals surface area (Å²) in [7, 11) is 0. The molecule has 0 aliphatic carbocycles. The second-order valence-corrected chi connectivity index (χ2v) is 6.11. The highest BCUT2D eigenvalue weighted by molar-refractivity contribution is 5.95. The van der Waals surface area contributed by atoms with Gasteiger partial charge in [0.1, 0.15) is 0 Å². The number of aryl methyl sites for hydroxylation is 1. The lowest BCUT2D eigenvalue weighted by molar-refractivity contribution is -0.136. The molecule has 6 heteroatoms. The summed E-state index contributed by atoms with van der Waals surface area (Å²) in [5.41, 5.74) is 3.33. The fourth-order valence-electron chi connectivity index (χ4n) is 3.32. The molecule has 1 saturated heterocycles. The number of nitrogens with zero attached hydrogens (tertiary/aromatic N) is 3. The van der Waals surface area contributed by atoms with Gasteiger partial charge in [-0.15, -0.1) is 0 Å². The Hall–Kier alpha value is -2.63. The number of carbonyl (C=O) groups is 2. The number of benzene rings is 1. The smallest absolute Gasteiger partial charge is 0.307 e. The summed E-state index contributed by atoms with van der Waals surface area (Å²) in [5.74, 6) is -0.782. The third-order valence-electron chi connectivity index (χ3n) is 4.54. The Balaban J connectivity index is 2.07. The van der Waals surface area contributed by atoms with E-state index in [-0.39, 0.29) is 12.3 Å². The lowest BCUT2D eigenvalue weighted by Crippen LogP contribution is -2.48. The number of para-hydroxylation sites is 1. The number of rotatable bonds is 3. The van der Waals surface area contributed by atoms with Gasteiger partial charge in [-0.1, -0.05) is 18.2 Å². The maximum absolute atomic E-state index is 11.5. The molecule has 2 aromatic rings. The number of hydrogen-bond donors (Lipinski definition) is 1. The molecule has 0 bridgehead atoms. The van der Waals surface area contributed by atoms with Crippen molar-refractivity contribution in [1.82, 2.24) is 9.88 Å². The molecule has 6 nitrogen and oxygen atoms in total. The molecule has 1 fully saturated rings. The van der Waals surface area contributed by atoms with E-state index in [4.69, 9.17) is 0 Å². The summed E-state index contributed by atoms with van der Waals surface area (Å²) in [6, 6.07) is 7.81. The minimum Gasteiger partial charge on any atom is -0.481 e. The summed E-state index contributed by atoms with van der Waals surface area (Å²) < 4.78 is 0. The van der Waals surface area contributed by atoms with E-state index in [1.807, 2.05) is 36.1 Å². The molecule has 0 radical (unpaired) electrons. The van der Waals surface area contributed by atoms with Gasteiger partial charge in [-0.05, 0) is 13.0 Å². The van der Waals surface area contributed by atoms with E-state index in [0.29, 0.717) is 26.2 Å². The number of carboxylic acid groups (broad SMARTS) is 1. The molecule has 1 aliphatic rings. The summed E-state index contributed by atoms with van der Waals surface area (Å²) in [4.78, 5) is 31.5. The standard InChI is InChI=1S/C18H21N3O3/c1-12-15(11-17(23)24)18(14-5-3-4-6-16(14)19-12)21-9-7-20(8-10-21)13(2)22/h3-6H,7-11H2,1-2H3,(H,23,24). The number of carboxylic acids is 1. The third kappa shape index (κ3) is 3.04. The van der Waals surface area contributed by atoms with Crippen molar-refractivity contribution in [1.29, 1.82) is 0 Å². The zero-order valence-electron chi connectivity index (χ0n) is 14.0. The summed E-state index contributed by atoms with van der Waals surface area (Å²) >= 11 is 0. The van der Waals surface area contributed by atoms with Crippen LogP contribution in [0.15, 0.2) is 24.3 Å². The number of hydrogen-bond acceptors (Lipinski definition) is 4. The molecule has 1 aromatic heterocycles. The molecule has 24 heavy (non-hydrogen) atoms. The van der Waals surface area contributed by atoms with Crippen molar-refractivity contribution in [3.8, 4) is 0 Å². The van der Waals surface area contributed by atoms with Gasteiger partial charge in [-0.3, -0.25) is 14.6 Å². The largest absolute Gasteiger partial charge is 0.481 e. The van der Waals surface area contributed by atoms with Gasteiger partial charge in [0, 0.05) is 49.7 Å². The van der Waals surface area contributed by atoms with E-state index >= 15 is 0 Å². The van der Waals surface area contributed by atoms with Gasteiger partial charge < -0.3 is 14.9 Å². The highest BCUT2D eigenvalue weighted by atomic mass is 16.4. The number of pyridine rings is 1. The predicted octanol–water partition coefficient (Wildman–Crippen LogP) is 1.84. The lowest BCUT2D eigenvalue weighted by atomic mass is 10.0. The maximum atomic E-state index is 11.5. The fourth-order valence-corrected chi connectivity index (χ4v) is 3.32. The fraction of sp³-hybridized carbons (Fsp3) is 0.389. The van der Waals surface area contributed by atoms with E-state index < -0.39 is 5.97 Å². The van der Waals surface area contributed by atoms with Crippen LogP contribution in [0.3, 0.4) is 0 Å². The Morgan fingerprint density at radius 3 is 2.46 bits per heavy atom. The normalized spacial score (nSPS) is 14.9. The van der Waals surface area contributed by atoms with Crippen LogP contribution in [0.25, 0.3) is 10.9 Å². The first-order valence-electron chi connectivity index (χ1n) is 8.08. The SMILES string of the molecule is CC(=O)N1CCN(c2c(CC(=O)O)c(C)nc3ccccc23)CC1. The molecular weight excluding hydrogens is 306 g/mol. The maximum Gasteiger partial charge on any atom is 0.307 e. The average molecular weight is 327 g/mol. The van der Waals surface area contributed by atoms with Crippen LogP contribution in [0.4, 0.5) is 5.69 Å². The van der Waals surface area contributed by atoms with Gasteiger partial charge in [0.15, 0.2) is 0 Å². The van der Waals surface area contributed by atoms with Crippen LogP contribution in [0, 0.1) is 6.92 Å². The van der Waals surface area contributed by atoms with Gasteiger partial charge in [0.05, 0.1) is 17.6 Å². The minimum atomic E-state index is -0.862. The molecule has 0 spiro atoms. The molecular formula is C18H21N3O3. The number of amides is 1. The van der Waals surface area contributed by atoms with Crippen molar-refractivity contribution >= 4 is 28.5 Å². The molecule has 0 unspecified atom stereocenters. The van der Waals surface area contributed by atoms with Crippen molar-refractivity contribution in [2.75, 3.05) is 31.1 Å². The van der Waals surface area contributed by atoms with Crippen molar-refractivity contribution in [3.05, 3.63) is 35.5 Å². The quantitative estimate of drug-likeness (QED) is 0.931. The topological polar surface area (TPSA) is 73.7 Å². The molecule has 0 saturated carbocycles. The van der Waals surface area contributed by atoms with Crippen LogP contribution in [-0.2, 0) is 16.0 Å². The monoisotopic (exact) mass is 327 g/mol. The first kappa shape index (κ1) is 16.2. The number of aromatic nitrogens is 1. The molecule has 2 heterocycles. The number of carbonyl (C=O) groups excluding carboxylic acids is 1. The molecule has 3 rings (SSSR count). The van der Waals surface area contributed by atoms with Gasteiger partial charge >= 0.3 is 5.97 Å². The van der Waals surface area contributed by atoms with Crippen LogP contribution in [0.2, 0.25) is 0 Å². The summed E-state index contributed by atoms with van der Waals surface area (Å²) in [5, 5.41) is 10.3.